The molecular formula is C3H6O4P2. The fraction of sp³-hybridized carbons (Fsp3) is 1.00. The Bertz CT molecular complexity index is 95.8. The van der Waals surface area contributed by atoms with Crippen molar-refractivity contribution in [2.24, 2.45) is 0 Å². The Morgan fingerprint density at radius 3 is 2.56 bits per heavy atom. The standard InChI is InChI=1S/C3H6O4P2/c1-3(7-9-5)2-6-8-4/h3H,2H2,1H3. The van der Waals surface area contributed by atoms with Crippen LogP contribution in [0.2, 0.25) is 0 Å². The van der Waals surface area contributed by atoms with E-state index in [0.29, 0.717) is 0 Å². The molecule has 0 aliphatic rings. The van der Waals surface area contributed by atoms with Gasteiger partial charge in [-0.05, 0) is 6.92 Å². The highest BCUT2D eigenvalue weighted by Crippen LogP contribution is 2.05. The van der Waals surface area contributed by atoms with Gasteiger partial charge in [-0.15, -0.1) is 0 Å². The minimum Gasteiger partial charge on any atom is -0.292 e. The predicted molar refractivity (Wildman–Crippen MR) is 31.7 cm³/mol. The minimum absolute atomic E-state index is 0.181. The lowest BCUT2D eigenvalue weighted by atomic mass is 10.5. The highest BCUT2D eigenvalue weighted by Gasteiger charge is 2.00. The zero-order valence-electron chi connectivity index (χ0n) is 4.81. The first-order valence-electron chi connectivity index (χ1n) is 2.24. The average Bonchev–Trinajstić information content (AvgIpc) is 1.85. The molecule has 4 nitrogen and oxygen atoms in total. The second-order valence-corrected chi connectivity index (χ2v) is 2.13. The molecule has 0 aromatic carbocycles. The van der Waals surface area contributed by atoms with Crippen LogP contribution in [-0.2, 0) is 18.2 Å². The Morgan fingerprint density at radius 1 is 1.44 bits per heavy atom. The number of hydrogen-bond donors (Lipinski definition) is 0. The second-order valence-electron chi connectivity index (χ2n) is 1.36. The lowest BCUT2D eigenvalue weighted by molar-refractivity contribution is 0.166. The summed E-state index contributed by atoms with van der Waals surface area (Å²) >= 11 is 0. The van der Waals surface area contributed by atoms with Crippen LogP contribution in [0.25, 0.3) is 0 Å². The van der Waals surface area contributed by atoms with Gasteiger partial charge in [-0.3, -0.25) is 9.05 Å². The molecule has 0 aromatic heterocycles. The molecule has 0 saturated carbocycles. The normalized spacial score (nSPS) is 14.3. The van der Waals surface area contributed by atoms with Gasteiger partial charge in [-0.1, -0.05) is 0 Å². The van der Waals surface area contributed by atoms with E-state index < -0.39 is 0 Å². The van der Waals surface area contributed by atoms with E-state index in [-0.39, 0.29) is 30.1 Å². The van der Waals surface area contributed by atoms with E-state index in [9.17, 15) is 9.13 Å². The summed E-state index contributed by atoms with van der Waals surface area (Å²) in [6.07, 6.45) is -0.286. The zero-order chi connectivity index (χ0) is 7.11. The summed E-state index contributed by atoms with van der Waals surface area (Å²) < 4.78 is 28.3. The molecule has 0 bridgehead atoms. The Morgan fingerprint density at radius 2 is 2.11 bits per heavy atom. The van der Waals surface area contributed by atoms with Gasteiger partial charge in [0.25, 0.3) is 0 Å². The van der Waals surface area contributed by atoms with E-state index in [2.05, 4.69) is 9.05 Å². The monoisotopic (exact) mass is 168 g/mol. The largest absolute Gasteiger partial charge is 0.327 e. The summed E-state index contributed by atoms with van der Waals surface area (Å²) in [6, 6.07) is 0. The van der Waals surface area contributed by atoms with Crippen molar-refractivity contribution < 1.29 is 18.2 Å². The summed E-state index contributed by atoms with van der Waals surface area (Å²) in [5.41, 5.74) is 0. The van der Waals surface area contributed by atoms with Crippen LogP contribution in [0.3, 0.4) is 0 Å². The van der Waals surface area contributed by atoms with Gasteiger partial charge in [0.1, 0.15) is 0 Å². The highest BCUT2D eigenvalue weighted by molar-refractivity contribution is 7.17. The molecule has 0 saturated heterocycles. The summed E-state index contributed by atoms with van der Waals surface area (Å²) in [5, 5.41) is 0. The molecule has 0 aromatic rings. The van der Waals surface area contributed by atoms with Crippen LogP contribution < -0.4 is 0 Å². The smallest absolute Gasteiger partial charge is 0.292 e. The molecule has 9 heavy (non-hydrogen) atoms. The van der Waals surface area contributed by atoms with Gasteiger partial charge in [-0.25, -0.2) is 9.13 Å². The quantitative estimate of drug-likeness (QED) is 0.587. The van der Waals surface area contributed by atoms with Crippen LogP contribution in [0.15, 0.2) is 0 Å². The van der Waals surface area contributed by atoms with Crippen molar-refractivity contribution in [3.05, 3.63) is 0 Å². The first-order valence-corrected chi connectivity index (χ1v) is 3.70. The van der Waals surface area contributed by atoms with E-state index in [4.69, 9.17) is 0 Å². The molecule has 0 radical (unpaired) electrons. The molecule has 0 aliphatic carbocycles. The van der Waals surface area contributed by atoms with Crippen molar-refractivity contribution >= 4 is 17.4 Å². The molecule has 0 heterocycles. The Kier molecular flexibility index (Phi) is 6.33. The maximum Gasteiger partial charge on any atom is 0.327 e. The van der Waals surface area contributed by atoms with Gasteiger partial charge >= 0.3 is 17.4 Å². The van der Waals surface area contributed by atoms with Gasteiger partial charge in [0.05, 0.1) is 12.7 Å². The fourth-order valence-electron chi connectivity index (χ4n) is 0.239. The summed E-state index contributed by atoms with van der Waals surface area (Å²) in [4.78, 5) is 0. The Labute approximate surface area is 56.1 Å². The molecule has 0 amide bonds. The molecule has 1 unspecified atom stereocenters. The van der Waals surface area contributed by atoms with Gasteiger partial charge in [0.15, 0.2) is 0 Å². The maximum atomic E-state index is 9.72. The van der Waals surface area contributed by atoms with E-state index in [0.717, 1.165) is 0 Å². The van der Waals surface area contributed by atoms with Crippen LogP contribution in [-0.4, -0.2) is 12.7 Å². The molecular weight excluding hydrogens is 162 g/mol. The first kappa shape index (κ1) is 9.12. The van der Waals surface area contributed by atoms with Gasteiger partial charge in [-0.2, -0.15) is 0 Å². The molecule has 52 valence electrons. The Hall–Kier alpha value is 0.120. The van der Waals surface area contributed by atoms with E-state index in [1.807, 2.05) is 0 Å². The molecule has 1 atom stereocenters. The third-order valence-electron chi connectivity index (χ3n) is 0.585. The van der Waals surface area contributed by atoms with Crippen molar-refractivity contribution in [1.82, 2.24) is 0 Å². The van der Waals surface area contributed by atoms with Crippen molar-refractivity contribution in [2.45, 2.75) is 13.0 Å². The zero-order valence-corrected chi connectivity index (χ0v) is 6.60. The lowest BCUT2D eigenvalue weighted by Gasteiger charge is -2.01. The third-order valence-corrected chi connectivity index (χ3v) is 1.29. The summed E-state index contributed by atoms with van der Waals surface area (Å²) in [7, 11) is -0.760. The second kappa shape index (κ2) is 6.24. The highest BCUT2D eigenvalue weighted by atomic mass is 31.1. The van der Waals surface area contributed by atoms with Gasteiger partial charge < -0.3 is 0 Å². The van der Waals surface area contributed by atoms with Crippen LogP contribution in [0, 0.1) is 0 Å². The molecule has 0 N–H and O–H groups in total. The minimum atomic E-state index is -0.380. The van der Waals surface area contributed by atoms with Crippen molar-refractivity contribution in [1.29, 1.82) is 0 Å². The number of hydrogen-bond acceptors (Lipinski definition) is 4. The van der Waals surface area contributed by atoms with Crippen molar-refractivity contribution in [2.75, 3.05) is 6.61 Å². The van der Waals surface area contributed by atoms with E-state index >= 15 is 0 Å². The molecule has 0 aliphatic heterocycles. The fourth-order valence-corrected chi connectivity index (χ4v) is 0.718. The molecule has 6 heteroatoms. The van der Waals surface area contributed by atoms with E-state index in [1.54, 1.807) is 6.92 Å². The first-order chi connectivity index (χ1) is 4.31. The van der Waals surface area contributed by atoms with Crippen molar-refractivity contribution in [3.63, 3.8) is 0 Å². The Balaban J connectivity index is 3.14. The van der Waals surface area contributed by atoms with Crippen LogP contribution >= 0.6 is 17.4 Å². The third kappa shape index (κ3) is 6.00. The SMILES string of the molecule is CC(COP=O)OP=O. The summed E-state index contributed by atoms with van der Waals surface area (Å²) in [6.45, 7) is 1.84. The van der Waals surface area contributed by atoms with Crippen LogP contribution in [0.4, 0.5) is 0 Å². The number of rotatable bonds is 5. The lowest BCUT2D eigenvalue weighted by Crippen LogP contribution is -2.07. The van der Waals surface area contributed by atoms with Crippen molar-refractivity contribution in [3.8, 4) is 0 Å². The van der Waals surface area contributed by atoms with Crippen LogP contribution in [0.1, 0.15) is 6.92 Å². The predicted octanol–water partition coefficient (Wildman–Crippen LogP) is 1.82. The van der Waals surface area contributed by atoms with E-state index in [1.165, 1.54) is 0 Å². The summed E-state index contributed by atoms with van der Waals surface area (Å²) in [5.74, 6) is 0. The van der Waals surface area contributed by atoms with Gasteiger partial charge in [0.2, 0.25) is 0 Å². The maximum absolute atomic E-state index is 9.72. The van der Waals surface area contributed by atoms with Gasteiger partial charge in [0, 0.05) is 0 Å². The molecule has 0 fully saturated rings. The molecule has 0 rings (SSSR count). The topological polar surface area (TPSA) is 52.6 Å². The van der Waals surface area contributed by atoms with Crippen LogP contribution in [0.5, 0.6) is 0 Å². The molecule has 0 spiro atoms. The average molecular weight is 168 g/mol.